The first-order chi connectivity index (χ1) is 8.29. The summed E-state index contributed by atoms with van der Waals surface area (Å²) in [6.45, 7) is 0.796. The first kappa shape index (κ1) is 11.2. The summed E-state index contributed by atoms with van der Waals surface area (Å²) < 4.78 is 1.79. The molecule has 2 rings (SSSR count). The van der Waals surface area contributed by atoms with Gasteiger partial charge in [0.05, 0.1) is 17.4 Å². The highest BCUT2D eigenvalue weighted by molar-refractivity contribution is 5.57. The number of hydrogen-bond acceptors (Lipinski definition) is 3. The fourth-order valence-corrected chi connectivity index (χ4v) is 1.68. The second kappa shape index (κ2) is 5.17. The van der Waals surface area contributed by atoms with Crippen molar-refractivity contribution in [1.82, 2.24) is 9.78 Å². The first-order valence-corrected chi connectivity index (χ1v) is 5.50. The third-order valence-corrected chi connectivity index (χ3v) is 2.53. The standard InChI is InChI=1S/C13H14N4/c1-17-10-11(9-16-17)6-7-15-13-5-3-2-4-12(13)8-14/h2-5,9-10,15H,6-7H2,1H3. The van der Waals surface area contributed by atoms with E-state index < -0.39 is 0 Å². The molecule has 0 radical (unpaired) electrons. The van der Waals surface area contributed by atoms with E-state index in [0.717, 1.165) is 18.7 Å². The van der Waals surface area contributed by atoms with Gasteiger partial charge >= 0.3 is 0 Å². The molecule has 0 atom stereocenters. The van der Waals surface area contributed by atoms with Gasteiger partial charge in [0.2, 0.25) is 0 Å². The van der Waals surface area contributed by atoms with Crippen molar-refractivity contribution < 1.29 is 0 Å². The zero-order valence-electron chi connectivity index (χ0n) is 9.72. The molecule has 2 aromatic rings. The summed E-state index contributed by atoms with van der Waals surface area (Å²) in [4.78, 5) is 0. The Hall–Kier alpha value is -2.28. The van der Waals surface area contributed by atoms with Crippen LogP contribution in [0.2, 0.25) is 0 Å². The lowest BCUT2D eigenvalue weighted by Crippen LogP contribution is -2.05. The Morgan fingerprint density at radius 1 is 1.41 bits per heavy atom. The number of aryl methyl sites for hydroxylation is 1. The molecule has 1 aromatic carbocycles. The number of benzene rings is 1. The molecule has 0 aliphatic heterocycles. The SMILES string of the molecule is Cn1cc(CCNc2ccccc2C#N)cn1. The number of anilines is 1. The van der Waals surface area contributed by atoms with E-state index in [0.29, 0.717) is 5.56 Å². The van der Waals surface area contributed by atoms with Gasteiger partial charge in [-0.25, -0.2) is 0 Å². The molecule has 86 valence electrons. The third-order valence-electron chi connectivity index (χ3n) is 2.53. The molecule has 4 nitrogen and oxygen atoms in total. The van der Waals surface area contributed by atoms with Gasteiger partial charge in [-0.1, -0.05) is 12.1 Å². The Morgan fingerprint density at radius 2 is 2.24 bits per heavy atom. The molecule has 17 heavy (non-hydrogen) atoms. The molecule has 0 saturated carbocycles. The van der Waals surface area contributed by atoms with Crippen LogP contribution in [-0.2, 0) is 13.5 Å². The largest absolute Gasteiger partial charge is 0.384 e. The van der Waals surface area contributed by atoms with Crippen LogP contribution in [0.3, 0.4) is 0 Å². The summed E-state index contributed by atoms with van der Waals surface area (Å²) in [6, 6.07) is 9.69. The summed E-state index contributed by atoms with van der Waals surface area (Å²) in [6.07, 6.45) is 4.75. The van der Waals surface area contributed by atoms with Crippen molar-refractivity contribution in [3.05, 3.63) is 47.8 Å². The van der Waals surface area contributed by atoms with E-state index in [1.807, 2.05) is 43.7 Å². The molecule has 0 amide bonds. The van der Waals surface area contributed by atoms with Crippen LogP contribution in [-0.4, -0.2) is 16.3 Å². The molecule has 0 unspecified atom stereocenters. The van der Waals surface area contributed by atoms with Gasteiger partial charge in [-0.15, -0.1) is 0 Å². The average molecular weight is 226 g/mol. The van der Waals surface area contributed by atoms with Crippen molar-refractivity contribution in [2.45, 2.75) is 6.42 Å². The molecular formula is C13H14N4. The van der Waals surface area contributed by atoms with E-state index >= 15 is 0 Å². The number of para-hydroxylation sites is 1. The summed E-state index contributed by atoms with van der Waals surface area (Å²) in [7, 11) is 1.90. The van der Waals surface area contributed by atoms with Crippen molar-refractivity contribution in [3.63, 3.8) is 0 Å². The Morgan fingerprint density at radius 3 is 2.94 bits per heavy atom. The molecule has 0 aliphatic rings. The predicted octanol–water partition coefficient (Wildman–Crippen LogP) is 1.95. The van der Waals surface area contributed by atoms with Crippen LogP contribution in [0, 0.1) is 11.3 Å². The average Bonchev–Trinajstić information content (AvgIpc) is 2.76. The topological polar surface area (TPSA) is 53.6 Å². The number of nitrogens with one attached hydrogen (secondary N) is 1. The lowest BCUT2D eigenvalue weighted by atomic mass is 10.2. The van der Waals surface area contributed by atoms with Crippen molar-refractivity contribution in [1.29, 1.82) is 5.26 Å². The van der Waals surface area contributed by atoms with Gasteiger partial charge in [0.15, 0.2) is 0 Å². The van der Waals surface area contributed by atoms with Crippen LogP contribution in [0.4, 0.5) is 5.69 Å². The zero-order valence-corrected chi connectivity index (χ0v) is 9.72. The van der Waals surface area contributed by atoms with Crippen LogP contribution in [0.25, 0.3) is 0 Å². The first-order valence-electron chi connectivity index (χ1n) is 5.50. The highest BCUT2D eigenvalue weighted by Gasteiger charge is 2.00. The summed E-state index contributed by atoms with van der Waals surface area (Å²) >= 11 is 0. The van der Waals surface area contributed by atoms with Crippen molar-refractivity contribution >= 4 is 5.69 Å². The van der Waals surface area contributed by atoms with Crippen molar-refractivity contribution in [2.24, 2.45) is 7.05 Å². The van der Waals surface area contributed by atoms with E-state index in [-0.39, 0.29) is 0 Å². The molecule has 0 spiro atoms. The van der Waals surface area contributed by atoms with E-state index in [9.17, 15) is 0 Å². The van der Waals surface area contributed by atoms with Gasteiger partial charge in [0, 0.05) is 19.8 Å². The fraction of sp³-hybridized carbons (Fsp3) is 0.231. The molecule has 4 heteroatoms. The van der Waals surface area contributed by atoms with Crippen LogP contribution in [0.5, 0.6) is 0 Å². The highest BCUT2D eigenvalue weighted by atomic mass is 15.2. The van der Waals surface area contributed by atoms with Gasteiger partial charge in [0.1, 0.15) is 6.07 Å². The number of nitrogens with zero attached hydrogens (tertiary/aromatic N) is 3. The Labute approximate surface area is 100 Å². The van der Waals surface area contributed by atoms with Crippen LogP contribution in [0.1, 0.15) is 11.1 Å². The Bertz CT molecular complexity index is 536. The van der Waals surface area contributed by atoms with Crippen molar-refractivity contribution in [3.8, 4) is 6.07 Å². The predicted molar refractivity (Wildman–Crippen MR) is 66.6 cm³/mol. The Kier molecular flexibility index (Phi) is 3.41. The lowest BCUT2D eigenvalue weighted by Gasteiger charge is -2.06. The van der Waals surface area contributed by atoms with E-state index in [1.165, 1.54) is 5.56 Å². The molecular weight excluding hydrogens is 212 g/mol. The van der Waals surface area contributed by atoms with E-state index in [1.54, 1.807) is 4.68 Å². The van der Waals surface area contributed by atoms with E-state index in [2.05, 4.69) is 16.5 Å². The minimum absolute atomic E-state index is 0.679. The lowest BCUT2D eigenvalue weighted by molar-refractivity contribution is 0.767. The van der Waals surface area contributed by atoms with Crippen LogP contribution >= 0.6 is 0 Å². The highest BCUT2D eigenvalue weighted by Crippen LogP contribution is 2.13. The second-order valence-corrected chi connectivity index (χ2v) is 3.86. The van der Waals surface area contributed by atoms with Gasteiger partial charge in [-0.2, -0.15) is 10.4 Å². The van der Waals surface area contributed by atoms with E-state index in [4.69, 9.17) is 5.26 Å². The summed E-state index contributed by atoms with van der Waals surface area (Å²) in [5, 5.41) is 16.3. The molecule has 1 N–H and O–H groups in total. The maximum atomic E-state index is 8.93. The maximum absolute atomic E-state index is 8.93. The van der Waals surface area contributed by atoms with Gasteiger partial charge in [-0.3, -0.25) is 4.68 Å². The second-order valence-electron chi connectivity index (χ2n) is 3.86. The summed E-state index contributed by atoms with van der Waals surface area (Å²) in [5.41, 5.74) is 2.76. The molecule has 1 heterocycles. The van der Waals surface area contributed by atoms with Crippen LogP contribution < -0.4 is 5.32 Å². The van der Waals surface area contributed by atoms with Crippen molar-refractivity contribution in [2.75, 3.05) is 11.9 Å². The van der Waals surface area contributed by atoms with Crippen LogP contribution in [0.15, 0.2) is 36.7 Å². The van der Waals surface area contributed by atoms with Gasteiger partial charge < -0.3 is 5.32 Å². The maximum Gasteiger partial charge on any atom is 0.101 e. The normalized spacial score (nSPS) is 9.88. The molecule has 0 aliphatic carbocycles. The van der Waals surface area contributed by atoms with Gasteiger partial charge in [-0.05, 0) is 24.1 Å². The Balaban J connectivity index is 1.92. The number of hydrogen-bond donors (Lipinski definition) is 1. The third kappa shape index (κ3) is 2.85. The minimum atomic E-state index is 0.679. The molecule has 1 aromatic heterocycles. The fourth-order valence-electron chi connectivity index (χ4n) is 1.68. The monoisotopic (exact) mass is 226 g/mol. The van der Waals surface area contributed by atoms with Gasteiger partial charge in [0.25, 0.3) is 0 Å². The molecule has 0 bridgehead atoms. The zero-order chi connectivity index (χ0) is 12.1. The number of aromatic nitrogens is 2. The number of rotatable bonds is 4. The minimum Gasteiger partial charge on any atom is -0.384 e. The smallest absolute Gasteiger partial charge is 0.101 e. The number of nitriles is 1. The molecule has 0 saturated heterocycles. The molecule has 0 fully saturated rings. The quantitative estimate of drug-likeness (QED) is 0.866. The summed E-state index contributed by atoms with van der Waals surface area (Å²) in [5.74, 6) is 0.